The van der Waals surface area contributed by atoms with Gasteiger partial charge in [0.05, 0.1) is 0 Å². The van der Waals surface area contributed by atoms with E-state index >= 15 is 0 Å². The van der Waals surface area contributed by atoms with Gasteiger partial charge in [-0.25, -0.2) is 4.98 Å². The second-order valence-corrected chi connectivity index (χ2v) is 5.82. The molecule has 0 saturated heterocycles. The Labute approximate surface area is 145 Å². The van der Waals surface area contributed by atoms with Crippen molar-refractivity contribution in [3.63, 3.8) is 0 Å². The minimum absolute atomic E-state index is 0.282. The highest BCUT2D eigenvalue weighted by Crippen LogP contribution is 2.22. The maximum absolute atomic E-state index is 9.31. The number of benzene rings is 1. The number of hydrogen-bond donors (Lipinski definition) is 2. The topological polar surface area (TPSA) is 57.0 Å². The number of pyridine rings is 1. The lowest BCUT2D eigenvalue weighted by Gasteiger charge is -2.01. The number of phenolic OH excluding ortho intramolecular Hbond substituents is 1. The zero-order valence-electron chi connectivity index (χ0n) is 12.3. The lowest BCUT2D eigenvalue weighted by Crippen LogP contribution is -1.91. The second kappa shape index (κ2) is 8.99. The Hall–Kier alpha value is -1.29. The first kappa shape index (κ1) is 18.8. The van der Waals surface area contributed by atoms with E-state index < -0.39 is 0 Å². The van der Waals surface area contributed by atoms with Crippen LogP contribution < -0.4 is 0 Å². The fraction of sp³-hybridized carbons (Fsp3) is 0.250. The summed E-state index contributed by atoms with van der Waals surface area (Å²) >= 11 is 17.0. The summed E-state index contributed by atoms with van der Waals surface area (Å²) < 4.78 is 0. The van der Waals surface area contributed by atoms with Crippen molar-refractivity contribution in [1.82, 2.24) is 4.98 Å². The van der Waals surface area contributed by atoms with Crippen LogP contribution in [-0.2, 0) is 6.42 Å². The van der Waals surface area contributed by atoms with Gasteiger partial charge in [0.25, 0.3) is 0 Å². The zero-order valence-corrected chi connectivity index (χ0v) is 14.6. The SMILES string of the molecule is CCCc1cc(Cl)ccc1O.Cc1cc(Cl)nc(Cl)c1C=N. The van der Waals surface area contributed by atoms with Gasteiger partial charge in [0, 0.05) is 16.8 Å². The van der Waals surface area contributed by atoms with Crippen LogP contribution in [0.5, 0.6) is 5.75 Å². The standard InChI is InChI=1S/C9H11ClO.C7H6Cl2N2/c1-2-3-7-6-8(10)4-5-9(7)11;1-4-2-6(8)11-7(9)5(4)3-10/h4-6,11H,2-3H2,1H3;2-3,10H,1H3. The molecule has 0 spiro atoms. The lowest BCUT2D eigenvalue weighted by molar-refractivity contribution is 0.467. The van der Waals surface area contributed by atoms with Crippen molar-refractivity contribution in [3.05, 3.63) is 56.3 Å². The number of aryl methyl sites for hydroxylation is 2. The molecule has 0 amide bonds. The summed E-state index contributed by atoms with van der Waals surface area (Å²) in [5, 5.41) is 17.6. The second-order valence-electron chi connectivity index (χ2n) is 4.63. The maximum atomic E-state index is 9.31. The predicted octanol–water partition coefficient (Wildman–Crippen LogP) is 5.69. The van der Waals surface area contributed by atoms with Crippen LogP contribution in [0, 0.1) is 12.3 Å². The number of phenols is 1. The van der Waals surface area contributed by atoms with Crippen molar-refractivity contribution in [1.29, 1.82) is 5.41 Å². The quantitative estimate of drug-likeness (QED) is 0.546. The van der Waals surface area contributed by atoms with Crippen LogP contribution in [0.2, 0.25) is 15.3 Å². The molecule has 0 bridgehead atoms. The number of aromatic hydroxyl groups is 1. The van der Waals surface area contributed by atoms with Crippen LogP contribution in [0.25, 0.3) is 0 Å². The molecule has 2 aromatic rings. The van der Waals surface area contributed by atoms with Gasteiger partial charge in [0.2, 0.25) is 0 Å². The van der Waals surface area contributed by atoms with Gasteiger partial charge in [-0.2, -0.15) is 0 Å². The molecule has 1 heterocycles. The van der Waals surface area contributed by atoms with E-state index in [4.69, 9.17) is 40.2 Å². The summed E-state index contributed by atoms with van der Waals surface area (Å²) in [5.41, 5.74) is 2.42. The van der Waals surface area contributed by atoms with E-state index in [9.17, 15) is 5.11 Å². The molecule has 6 heteroatoms. The molecule has 0 fully saturated rings. The molecular formula is C16H17Cl3N2O. The van der Waals surface area contributed by atoms with E-state index in [-0.39, 0.29) is 5.15 Å². The third-order valence-electron chi connectivity index (χ3n) is 2.89. The minimum Gasteiger partial charge on any atom is -0.508 e. The molecule has 2 rings (SSSR count). The van der Waals surface area contributed by atoms with Crippen LogP contribution >= 0.6 is 34.8 Å². The molecule has 0 aliphatic carbocycles. The monoisotopic (exact) mass is 358 g/mol. The number of rotatable bonds is 3. The number of nitrogens with one attached hydrogen (secondary N) is 1. The largest absolute Gasteiger partial charge is 0.508 e. The first-order chi connectivity index (χ1) is 10.4. The van der Waals surface area contributed by atoms with Gasteiger partial charge in [0.1, 0.15) is 16.1 Å². The van der Waals surface area contributed by atoms with E-state index in [0.717, 1.165) is 24.0 Å². The Kier molecular flexibility index (Phi) is 7.66. The molecule has 0 atom stereocenters. The summed E-state index contributed by atoms with van der Waals surface area (Å²) in [6.07, 6.45) is 3.07. The van der Waals surface area contributed by atoms with Crippen molar-refractivity contribution in [2.24, 2.45) is 0 Å². The Morgan fingerprint density at radius 2 is 1.91 bits per heavy atom. The van der Waals surface area contributed by atoms with Crippen molar-refractivity contribution in [3.8, 4) is 5.75 Å². The highest BCUT2D eigenvalue weighted by molar-refractivity contribution is 6.34. The third kappa shape index (κ3) is 5.48. The summed E-state index contributed by atoms with van der Waals surface area (Å²) in [5.74, 6) is 0.344. The number of aromatic nitrogens is 1. The van der Waals surface area contributed by atoms with Crippen LogP contribution in [-0.4, -0.2) is 16.3 Å². The zero-order chi connectivity index (χ0) is 16.7. The van der Waals surface area contributed by atoms with Crippen molar-refractivity contribution >= 4 is 41.0 Å². The first-order valence-electron chi connectivity index (χ1n) is 6.69. The lowest BCUT2D eigenvalue weighted by atomic mass is 10.1. The molecule has 118 valence electrons. The molecule has 2 N–H and O–H groups in total. The molecule has 0 radical (unpaired) electrons. The van der Waals surface area contributed by atoms with E-state index in [1.807, 2.05) is 6.92 Å². The van der Waals surface area contributed by atoms with E-state index in [1.165, 1.54) is 6.21 Å². The van der Waals surface area contributed by atoms with Gasteiger partial charge in [0.15, 0.2) is 0 Å². The normalized spacial score (nSPS) is 9.86. The summed E-state index contributed by atoms with van der Waals surface area (Å²) in [6.45, 7) is 3.90. The summed E-state index contributed by atoms with van der Waals surface area (Å²) in [6, 6.07) is 6.80. The van der Waals surface area contributed by atoms with E-state index in [2.05, 4.69) is 11.9 Å². The Morgan fingerprint density at radius 3 is 2.45 bits per heavy atom. The highest BCUT2D eigenvalue weighted by atomic mass is 35.5. The molecule has 1 aromatic carbocycles. The van der Waals surface area contributed by atoms with Gasteiger partial charge >= 0.3 is 0 Å². The molecular weight excluding hydrogens is 343 g/mol. The van der Waals surface area contributed by atoms with Gasteiger partial charge in [-0.15, -0.1) is 0 Å². The number of nitrogens with zero attached hydrogens (tertiary/aromatic N) is 1. The van der Waals surface area contributed by atoms with Crippen molar-refractivity contribution in [2.45, 2.75) is 26.7 Å². The van der Waals surface area contributed by atoms with Gasteiger partial charge in [-0.1, -0.05) is 48.1 Å². The molecule has 0 aliphatic rings. The van der Waals surface area contributed by atoms with E-state index in [1.54, 1.807) is 24.3 Å². The minimum atomic E-state index is 0.282. The Balaban J connectivity index is 0.000000220. The fourth-order valence-corrected chi connectivity index (χ4v) is 2.58. The smallest absolute Gasteiger partial charge is 0.139 e. The molecule has 0 unspecified atom stereocenters. The highest BCUT2D eigenvalue weighted by Gasteiger charge is 2.03. The predicted molar refractivity (Wildman–Crippen MR) is 94.0 cm³/mol. The number of halogens is 3. The van der Waals surface area contributed by atoms with Crippen LogP contribution in [0.1, 0.15) is 30.0 Å². The Morgan fingerprint density at radius 1 is 1.23 bits per heavy atom. The average molecular weight is 360 g/mol. The fourth-order valence-electron chi connectivity index (χ4n) is 1.80. The average Bonchev–Trinajstić information content (AvgIpc) is 2.43. The van der Waals surface area contributed by atoms with Crippen molar-refractivity contribution < 1.29 is 5.11 Å². The molecule has 3 nitrogen and oxygen atoms in total. The molecule has 0 saturated carbocycles. The van der Waals surface area contributed by atoms with Crippen LogP contribution in [0.3, 0.4) is 0 Å². The third-order valence-corrected chi connectivity index (χ3v) is 3.61. The molecule has 1 aromatic heterocycles. The van der Waals surface area contributed by atoms with Crippen LogP contribution in [0.15, 0.2) is 24.3 Å². The van der Waals surface area contributed by atoms with Gasteiger partial charge in [-0.3, -0.25) is 0 Å². The van der Waals surface area contributed by atoms with Crippen LogP contribution in [0.4, 0.5) is 0 Å². The van der Waals surface area contributed by atoms with Gasteiger partial charge < -0.3 is 10.5 Å². The first-order valence-corrected chi connectivity index (χ1v) is 7.83. The van der Waals surface area contributed by atoms with E-state index in [0.29, 0.717) is 21.5 Å². The Bertz CT molecular complexity index is 637. The number of hydrogen-bond acceptors (Lipinski definition) is 3. The molecule has 0 aliphatic heterocycles. The van der Waals surface area contributed by atoms with Gasteiger partial charge in [-0.05, 0) is 48.7 Å². The maximum Gasteiger partial charge on any atom is 0.139 e. The summed E-state index contributed by atoms with van der Waals surface area (Å²) in [4.78, 5) is 3.78. The molecule has 22 heavy (non-hydrogen) atoms. The summed E-state index contributed by atoms with van der Waals surface area (Å²) in [7, 11) is 0. The van der Waals surface area contributed by atoms with Crippen molar-refractivity contribution in [2.75, 3.05) is 0 Å².